The Morgan fingerprint density at radius 1 is 1.38 bits per heavy atom. The van der Waals surface area contributed by atoms with Crippen molar-refractivity contribution in [2.45, 2.75) is 39.2 Å². The number of H-pyrrole nitrogens is 1. The minimum atomic E-state index is 0.0592. The maximum atomic E-state index is 12.0. The minimum Gasteiger partial charge on any atom is -0.353 e. The van der Waals surface area contributed by atoms with Gasteiger partial charge in [-0.2, -0.15) is 0 Å². The summed E-state index contributed by atoms with van der Waals surface area (Å²) in [6, 6.07) is 10.5. The second kappa shape index (κ2) is 7.52. The van der Waals surface area contributed by atoms with Gasteiger partial charge in [-0.1, -0.05) is 30.3 Å². The van der Waals surface area contributed by atoms with E-state index in [9.17, 15) is 4.79 Å². The first-order valence-electron chi connectivity index (χ1n) is 7.06. The number of thiazole rings is 1. The number of amides is 1. The molecule has 0 radical (unpaired) electrons. The summed E-state index contributed by atoms with van der Waals surface area (Å²) in [4.78, 5) is 16.1. The molecule has 21 heavy (non-hydrogen) atoms. The Morgan fingerprint density at radius 2 is 2.10 bits per heavy atom. The average Bonchev–Trinajstić information content (AvgIpc) is 2.75. The van der Waals surface area contributed by atoms with Crippen LogP contribution in [0.4, 0.5) is 0 Å². The number of aromatic amines is 1. The first kappa shape index (κ1) is 15.9. The van der Waals surface area contributed by atoms with Crippen LogP contribution in [-0.2, 0) is 17.6 Å². The predicted molar refractivity (Wildman–Crippen MR) is 90.3 cm³/mol. The second-order valence-corrected chi connectivity index (χ2v) is 7.00. The van der Waals surface area contributed by atoms with E-state index in [0.717, 1.165) is 27.4 Å². The summed E-state index contributed by atoms with van der Waals surface area (Å²) in [6.07, 6.45) is 2.32. The van der Waals surface area contributed by atoms with Gasteiger partial charge >= 0.3 is 0 Å². The Hall–Kier alpha value is -1.46. The van der Waals surface area contributed by atoms with Crippen molar-refractivity contribution in [2.24, 2.45) is 0 Å². The molecule has 0 fully saturated rings. The van der Waals surface area contributed by atoms with E-state index in [1.165, 1.54) is 16.9 Å². The number of rotatable bonds is 6. The fourth-order valence-electron chi connectivity index (χ4n) is 2.18. The van der Waals surface area contributed by atoms with Gasteiger partial charge in [-0.15, -0.1) is 11.3 Å². The van der Waals surface area contributed by atoms with Crippen molar-refractivity contribution >= 4 is 29.5 Å². The molecule has 1 unspecified atom stereocenters. The van der Waals surface area contributed by atoms with E-state index >= 15 is 0 Å². The summed E-state index contributed by atoms with van der Waals surface area (Å²) in [5.41, 5.74) is 2.30. The molecule has 0 aliphatic rings. The van der Waals surface area contributed by atoms with Gasteiger partial charge in [-0.25, -0.2) is 0 Å². The van der Waals surface area contributed by atoms with Crippen molar-refractivity contribution < 1.29 is 4.79 Å². The van der Waals surface area contributed by atoms with E-state index in [4.69, 9.17) is 12.2 Å². The molecule has 2 rings (SSSR count). The largest absolute Gasteiger partial charge is 0.353 e. The topological polar surface area (TPSA) is 44.9 Å². The number of aryl methyl sites for hydroxylation is 2. The van der Waals surface area contributed by atoms with Gasteiger partial charge in [0.1, 0.15) is 0 Å². The number of aromatic nitrogens is 1. The molecular formula is C16H20N2OS2. The molecule has 0 saturated carbocycles. The lowest BCUT2D eigenvalue weighted by atomic mass is 10.1. The predicted octanol–water partition coefficient (Wildman–Crippen LogP) is 3.79. The van der Waals surface area contributed by atoms with E-state index in [1.54, 1.807) is 0 Å². The van der Waals surface area contributed by atoms with Crippen LogP contribution in [0.25, 0.3) is 0 Å². The van der Waals surface area contributed by atoms with E-state index in [1.807, 2.05) is 32.0 Å². The molecule has 1 amide bonds. The van der Waals surface area contributed by atoms with Crippen LogP contribution in [0, 0.1) is 10.9 Å². The number of benzene rings is 1. The molecule has 0 aliphatic heterocycles. The second-order valence-electron chi connectivity index (χ2n) is 5.23. The maximum absolute atomic E-state index is 12.0. The lowest BCUT2D eigenvalue weighted by Crippen LogP contribution is -2.34. The zero-order chi connectivity index (χ0) is 15.2. The highest BCUT2D eigenvalue weighted by atomic mass is 32.1. The number of hydrogen-bond acceptors (Lipinski definition) is 3. The molecule has 3 nitrogen and oxygen atoms in total. The summed E-state index contributed by atoms with van der Waals surface area (Å²) in [5, 5.41) is 3.05. The van der Waals surface area contributed by atoms with E-state index in [0.29, 0.717) is 6.42 Å². The quantitative estimate of drug-likeness (QED) is 0.795. The smallest absolute Gasteiger partial charge is 0.225 e. The summed E-state index contributed by atoms with van der Waals surface area (Å²) in [7, 11) is 0. The molecule has 2 N–H and O–H groups in total. The molecule has 0 aliphatic carbocycles. The van der Waals surface area contributed by atoms with Crippen LogP contribution in [0.5, 0.6) is 0 Å². The van der Waals surface area contributed by atoms with Crippen LogP contribution in [0.15, 0.2) is 30.3 Å². The molecule has 1 heterocycles. The van der Waals surface area contributed by atoms with Crippen molar-refractivity contribution in [2.75, 3.05) is 0 Å². The van der Waals surface area contributed by atoms with Crippen molar-refractivity contribution in [3.8, 4) is 0 Å². The lowest BCUT2D eigenvalue weighted by Gasteiger charge is -2.13. The number of carbonyl (C=O) groups excluding carboxylic acids is 1. The molecule has 0 spiro atoms. The SMILES string of the molecule is Cc1[nH]c(=S)sc1CC(=O)NC(C)CCc1ccccc1. The molecular weight excluding hydrogens is 300 g/mol. The average molecular weight is 320 g/mol. The van der Waals surface area contributed by atoms with Gasteiger partial charge in [0, 0.05) is 16.6 Å². The third-order valence-corrected chi connectivity index (χ3v) is 4.70. The highest BCUT2D eigenvalue weighted by Gasteiger charge is 2.11. The van der Waals surface area contributed by atoms with Gasteiger partial charge in [0.05, 0.1) is 6.42 Å². The molecule has 5 heteroatoms. The zero-order valence-corrected chi connectivity index (χ0v) is 13.9. The van der Waals surface area contributed by atoms with Crippen molar-refractivity contribution in [1.82, 2.24) is 10.3 Å². The molecule has 1 aromatic heterocycles. The Morgan fingerprint density at radius 3 is 2.71 bits per heavy atom. The fraction of sp³-hybridized carbons (Fsp3) is 0.375. The van der Waals surface area contributed by atoms with Crippen molar-refractivity contribution in [3.63, 3.8) is 0 Å². The Kier molecular flexibility index (Phi) is 5.70. The molecule has 112 valence electrons. The summed E-state index contributed by atoms with van der Waals surface area (Å²) < 4.78 is 0.729. The minimum absolute atomic E-state index is 0.0592. The van der Waals surface area contributed by atoms with Crippen molar-refractivity contribution in [1.29, 1.82) is 0 Å². The summed E-state index contributed by atoms with van der Waals surface area (Å²) in [5.74, 6) is 0.0592. The van der Waals surface area contributed by atoms with Gasteiger partial charge in [0.25, 0.3) is 0 Å². The molecule has 2 aromatic rings. The first-order chi connectivity index (χ1) is 10.0. The van der Waals surface area contributed by atoms with Gasteiger partial charge in [0.2, 0.25) is 5.91 Å². The molecule has 0 saturated heterocycles. The third kappa shape index (κ3) is 5.10. The number of hydrogen-bond donors (Lipinski definition) is 2. The first-order valence-corrected chi connectivity index (χ1v) is 8.29. The Labute approximate surface area is 134 Å². The summed E-state index contributed by atoms with van der Waals surface area (Å²) >= 11 is 6.57. The van der Waals surface area contributed by atoms with E-state index in [-0.39, 0.29) is 11.9 Å². The standard InChI is InChI=1S/C16H20N2OS2/c1-11(8-9-13-6-4-3-5-7-13)17-15(19)10-14-12(2)18-16(20)21-14/h3-7,11H,8-10H2,1-2H3,(H,17,19)(H,18,20). The van der Waals surface area contributed by atoms with Gasteiger partial charge in [-0.05, 0) is 44.5 Å². The summed E-state index contributed by atoms with van der Waals surface area (Å²) in [6.45, 7) is 4.00. The van der Waals surface area contributed by atoms with Crippen LogP contribution < -0.4 is 5.32 Å². The number of carbonyl (C=O) groups is 1. The van der Waals surface area contributed by atoms with Crippen LogP contribution in [0.1, 0.15) is 29.5 Å². The molecule has 1 atom stereocenters. The molecule has 1 aromatic carbocycles. The highest BCUT2D eigenvalue weighted by molar-refractivity contribution is 7.73. The van der Waals surface area contributed by atoms with Crippen molar-refractivity contribution in [3.05, 3.63) is 50.4 Å². The third-order valence-electron chi connectivity index (χ3n) is 3.36. The molecule has 0 bridgehead atoms. The Balaban J connectivity index is 1.79. The normalized spacial score (nSPS) is 12.1. The van der Waals surface area contributed by atoms with Crippen LogP contribution in [-0.4, -0.2) is 16.9 Å². The van der Waals surface area contributed by atoms with E-state index < -0.39 is 0 Å². The monoisotopic (exact) mass is 320 g/mol. The van der Waals surface area contributed by atoms with Gasteiger partial charge < -0.3 is 10.3 Å². The Bertz CT molecular complexity index is 646. The van der Waals surface area contributed by atoms with Crippen LogP contribution in [0.2, 0.25) is 0 Å². The highest BCUT2D eigenvalue weighted by Crippen LogP contribution is 2.15. The zero-order valence-electron chi connectivity index (χ0n) is 12.3. The fourth-order valence-corrected chi connectivity index (χ4v) is 3.47. The lowest BCUT2D eigenvalue weighted by molar-refractivity contribution is -0.121. The van der Waals surface area contributed by atoms with E-state index in [2.05, 4.69) is 22.4 Å². The van der Waals surface area contributed by atoms with Gasteiger partial charge in [0.15, 0.2) is 3.95 Å². The van der Waals surface area contributed by atoms with Gasteiger partial charge in [-0.3, -0.25) is 4.79 Å². The van der Waals surface area contributed by atoms with Crippen LogP contribution in [0.3, 0.4) is 0 Å². The van der Waals surface area contributed by atoms with Crippen LogP contribution >= 0.6 is 23.6 Å². The maximum Gasteiger partial charge on any atom is 0.225 e. The number of nitrogens with one attached hydrogen (secondary N) is 2.